The zero-order valence-corrected chi connectivity index (χ0v) is 13.1. The van der Waals surface area contributed by atoms with Crippen molar-refractivity contribution >= 4 is 28.8 Å². The number of hydrogen-bond donors (Lipinski definition) is 2. The van der Waals surface area contributed by atoms with Crippen molar-refractivity contribution in [2.45, 2.75) is 5.92 Å². The maximum Gasteiger partial charge on any atom is 0.336 e. The average Bonchev–Trinajstić information content (AvgIpc) is 2.62. The summed E-state index contributed by atoms with van der Waals surface area (Å²) in [5.41, 5.74) is 2.60. The SMILES string of the molecule is O=C(O)c1ccc(C2C=Cc3cccc4cccc2c34)cc1C(=O)O. The van der Waals surface area contributed by atoms with Crippen LogP contribution in [-0.4, -0.2) is 22.2 Å². The topological polar surface area (TPSA) is 74.6 Å². The third-order valence-corrected chi connectivity index (χ3v) is 4.64. The molecule has 1 aliphatic carbocycles. The first-order valence-corrected chi connectivity index (χ1v) is 7.86. The molecule has 0 heterocycles. The Morgan fingerprint density at radius 3 is 2.28 bits per heavy atom. The molecule has 1 atom stereocenters. The number of carbonyl (C=O) groups is 2. The minimum atomic E-state index is -1.24. The summed E-state index contributed by atoms with van der Waals surface area (Å²) in [6.45, 7) is 0. The van der Waals surface area contributed by atoms with Crippen molar-refractivity contribution in [3.63, 3.8) is 0 Å². The molecule has 0 saturated heterocycles. The second-order valence-corrected chi connectivity index (χ2v) is 6.04. The summed E-state index contributed by atoms with van der Waals surface area (Å²) in [5.74, 6) is -2.59. The smallest absolute Gasteiger partial charge is 0.336 e. The highest BCUT2D eigenvalue weighted by molar-refractivity contribution is 6.02. The summed E-state index contributed by atoms with van der Waals surface area (Å²) in [7, 11) is 0. The van der Waals surface area contributed by atoms with Gasteiger partial charge in [-0.25, -0.2) is 9.59 Å². The summed E-state index contributed by atoms with van der Waals surface area (Å²) in [4.78, 5) is 22.7. The van der Waals surface area contributed by atoms with Gasteiger partial charge in [-0.1, -0.05) is 54.6 Å². The predicted octanol–water partition coefficient (Wildman–Crippen LogP) is 4.39. The second-order valence-electron chi connectivity index (χ2n) is 6.04. The van der Waals surface area contributed by atoms with Crippen LogP contribution in [0.1, 0.15) is 43.3 Å². The molecule has 25 heavy (non-hydrogen) atoms. The fraction of sp³-hybridized carbons (Fsp3) is 0.0476. The summed E-state index contributed by atoms with van der Waals surface area (Å²) in [6, 6.07) is 16.7. The van der Waals surface area contributed by atoms with Crippen molar-refractivity contribution in [3.05, 3.63) is 88.5 Å². The van der Waals surface area contributed by atoms with Crippen molar-refractivity contribution in [2.75, 3.05) is 0 Å². The maximum absolute atomic E-state index is 11.5. The highest BCUT2D eigenvalue weighted by Crippen LogP contribution is 2.38. The van der Waals surface area contributed by atoms with Crippen LogP contribution in [0.4, 0.5) is 0 Å². The van der Waals surface area contributed by atoms with Crippen LogP contribution in [0.3, 0.4) is 0 Å². The molecule has 0 radical (unpaired) electrons. The van der Waals surface area contributed by atoms with Crippen LogP contribution < -0.4 is 0 Å². The summed E-state index contributed by atoms with van der Waals surface area (Å²) < 4.78 is 0. The van der Waals surface area contributed by atoms with E-state index in [1.807, 2.05) is 30.4 Å². The van der Waals surface area contributed by atoms with Gasteiger partial charge in [-0.05, 0) is 39.6 Å². The van der Waals surface area contributed by atoms with E-state index in [1.165, 1.54) is 12.1 Å². The van der Waals surface area contributed by atoms with Crippen molar-refractivity contribution in [1.29, 1.82) is 0 Å². The first-order valence-electron chi connectivity index (χ1n) is 7.86. The third kappa shape index (κ3) is 2.39. The Balaban J connectivity index is 1.91. The monoisotopic (exact) mass is 330 g/mol. The average molecular weight is 330 g/mol. The highest BCUT2D eigenvalue weighted by Gasteiger charge is 2.22. The Bertz CT molecular complexity index is 1060. The number of benzene rings is 3. The molecule has 0 fully saturated rings. The van der Waals surface area contributed by atoms with E-state index >= 15 is 0 Å². The largest absolute Gasteiger partial charge is 0.478 e. The van der Waals surface area contributed by atoms with Gasteiger partial charge in [-0.2, -0.15) is 0 Å². The van der Waals surface area contributed by atoms with Gasteiger partial charge in [0.15, 0.2) is 0 Å². The van der Waals surface area contributed by atoms with E-state index in [2.05, 4.69) is 18.2 Å². The highest BCUT2D eigenvalue weighted by atomic mass is 16.4. The second kappa shape index (κ2) is 5.60. The fourth-order valence-electron chi connectivity index (χ4n) is 3.51. The van der Waals surface area contributed by atoms with Gasteiger partial charge in [0.1, 0.15) is 0 Å². The van der Waals surface area contributed by atoms with Crippen LogP contribution in [0, 0.1) is 0 Å². The Morgan fingerprint density at radius 2 is 1.56 bits per heavy atom. The van der Waals surface area contributed by atoms with Gasteiger partial charge in [0.05, 0.1) is 11.1 Å². The van der Waals surface area contributed by atoms with Crippen LogP contribution in [-0.2, 0) is 0 Å². The Morgan fingerprint density at radius 1 is 0.840 bits per heavy atom. The van der Waals surface area contributed by atoms with Crippen molar-refractivity contribution in [3.8, 4) is 0 Å². The molecule has 0 amide bonds. The molecule has 4 rings (SSSR count). The molecule has 0 aliphatic heterocycles. The number of hydrogen-bond acceptors (Lipinski definition) is 2. The first-order chi connectivity index (χ1) is 12.1. The van der Waals surface area contributed by atoms with Gasteiger partial charge in [0.2, 0.25) is 0 Å². The summed E-state index contributed by atoms with van der Waals surface area (Å²) in [5, 5.41) is 20.8. The zero-order valence-electron chi connectivity index (χ0n) is 13.1. The van der Waals surface area contributed by atoms with Crippen LogP contribution in [0.2, 0.25) is 0 Å². The fourth-order valence-corrected chi connectivity index (χ4v) is 3.51. The number of carboxylic acid groups (broad SMARTS) is 2. The van der Waals surface area contributed by atoms with E-state index in [4.69, 9.17) is 0 Å². The molecule has 0 aromatic heterocycles. The quantitative estimate of drug-likeness (QED) is 0.746. The lowest BCUT2D eigenvalue weighted by molar-refractivity contribution is 0.0651. The van der Waals surface area contributed by atoms with Gasteiger partial charge in [0.25, 0.3) is 0 Å². The predicted molar refractivity (Wildman–Crippen MR) is 95.2 cm³/mol. The molecule has 2 N–H and O–H groups in total. The minimum Gasteiger partial charge on any atom is -0.478 e. The molecular formula is C21H14O4. The molecule has 4 heteroatoms. The lowest BCUT2D eigenvalue weighted by Gasteiger charge is -2.22. The molecule has 4 nitrogen and oxygen atoms in total. The molecule has 1 aliphatic rings. The lowest BCUT2D eigenvalue weighted by atomic mass is 9.81. The summed E-state index contributed by atoms with van der Waals surface area (Å²) in [6.07, 6.45) is 4.06. The molecular weight excluding hydrogens is 316 g/mol. The van der Waals surface area contributed by atoms with Gasteiger partial charge in [-0.15, -0.1) is 0 Å². The summed E-state index contributed by atoms with van der Waals surface area (Å²) >= 11 is 0. The van der Waals surface area contributed by atoms with Gasteiger partial charge in [0, 0.05) is 5.92 Å². The van der Waals surface area contributed by atoms with E-state index in [1.54, 1.807) is 6.07 Å². The molecule has 0 spiro atoms. The minimum absolute atomic E-state index is 0.112. The van der Waals surface area contributed by atoms with Crippen LogP contribution in [0.25, 0.3) is 16.8 Å². The van der Waals surface area contributed by atoms with Crippen LogP contribution >= 0.6 is 0 Å². The normalized spacial score (nSPS) is 15.3. The van der Waals surface area contributed by atoms with Gasteiger partial charge >= 0.3 is 11.9 Å². The first kappa shape index (κ1) is 15.1. The third-order valence-electron chi connectivity index (χ3n) is 4.64. The van der Waals surface area contributed by atoms with Crippen LogP contribution in [0.15, 0.2) is 60.7 Å². The molecule has 0 saturated carbocycles. The van der Waals surface area contributed by atoms with E-state index in [-0.39, 0.29) is 17.0 Å². The molecule has 122 valence electrons. The Labute approximate surface area is 143 Å². The maximum atomic E-state index is 11.5. The molecule has 3 aromatic carbocycles. The van der Waals surface area contributed by atoms with Gasteiger partial charge in [-0.3, -0.25) is 0 Å². The number of aromatic carboxylic acids is 2. The number of carboxylic acids is 2. The van der Waals surface area contributed by atoms with Crippen molar-refractivity contribution in [2.24, 2.45) is 0 Å². The van der Waals surface area contributed by atoms with E-state index < -0.39 is 11.9 Å². The Hall–Kier alpha value is -3.40. The Kier molecular flexibility index (Phi) is 3.39. The standard InChI is InChI=1S/C21H14O4/c22-20(23)17-10-8-14(11-18(17)21(24)25)15-9-7-13-4-1-3-12-5-2-6-16(15)19(12)13/h1-11,15H,(H,22,23)(H,24,25). The number of rotatable bonds is 3. The van der Waals surface area contributed by atoms with Gasteiger partial charge < -0.3 is 10.2 Å². The van der Waals surface area contributed by atoms with Crippen LogP contribution in [0.5, 0.6) is 0 Å². The number of allylic oxidation sites excluding steroid dienone is 1. The van der Waals surface area contributed by atoms with E-state index in [0.717, 1.165) is 27.5 Å². The molecule has 1 unspecified atom stereocenters. The lowest BCUT2D eigenvalue weighted by Crippen LogP contribution is -2.10. The van der Waals surface area contributed by atoms with E-state index in [0.29, 0.717) is 0 Å². The van der Waals surface area contributed by atoms with Crippen molar-refractivity contribution < 1.29 is 19.8 Å². The molecule has 0 bridgehead atoms. The van der Waals surface area contributed by atoms with E-state index in [9.17, 15) is 19.8 Å². The molecule has 3 aromatic rings. The van der Waals surface area contributed by atoms with Crippen molar-refractivity contribution in [1.82, 2.24) is 0 Å². The zero-order chi connectivity index (χ0) is 17.6.